The fraction of sp³-hybridized carbons (Fsp3) is 0.364. The van der Waals surface area contributed by atoms with Gasteiger partial charge >= 0.3 is 5.97 Å². The molecule has 0 aliphatic heterocycles. The van der Waals surface area contributed by atoms with Crippen LogP contribution in [0.25, 0.3) is 0 Å². The molecule has 0 unspecified atom stereocenters. The molecule has 1 rings (SSSR count). The van der Waals surface area contributed by atoms with Crippen LogP contribution in [0, 0.1) is 5.82 Å². The summed E-state index contributed by atoms with van der Waals surface area (Å²) < 4.78 is 13.6. The molecule has 0 saturated heterocycles. The van der Waals surface area contributed by atoms with Crippen molar-refractivity contribution in [2.45, 2.75) is 24.9 Å². The first-order valence-electron chi connectivity index (χ1n) is 4.64. The number of thioether (sulfide) groups is 1. The van der Waals surface area contributed by atoms with Crippen LogP contribution >= 0.6 is 11.8 Å². The van der Waals surface area contributed by atoms with E-state index in [0.717, 1.165) is 0 Å². The summed E-state index contributed by atoms with van der Waals surface area (Å²) in [6.07, 6.45) is 0. The van der Waals surface area contributed by atoms with Gasteiger partial charge in [0.25, 0.3) is 0 Å². The number of carboxylic acids is 1. The van der Waals surface area contributed by atoms with E-state index >= 15 is 0 Å². The van der Waals surface area contributed by atoms with Gasteiger partial charge in [0.05, 0.1) is 5.56 Å². The fourth-order valence-corrected chi connectivity index (χ4v) is 1.85. The lowest BCUT2D eigenvalue weighted by Gasteiger charge is -2.07. The van der Waals surface area contributed by atoms with Crippen molar-refractivity contribution in [1.82, 2.24) is 0 Å². The molecule has 0 radical (unpaired) electrons. The molecular weight excluding hydrogens is 215 g/mol. The molecule has 0 spiro atoms. The molecule has 0 heterocycles. The van der Waals surface area contributed by atoms with Gasteiger partial charge in [-0.2, -0.15) is 11.8 Å². The second-order valence-corrected chi connectivity index (χ2v) is 5.01. The lowest BCUT2D eigenvalue weighted by molar-refractivity contribution is 0.0691. The number of carboxylic acid groups (broad SMARTS) is 1. The molecule has 4 heteroatoms. The molecule has 1 aromatic carbocycles. The zero-order valence-electron chi connectivity index (χ0n) is 8.66. The van der Waals surface area contributed by atoms with E-state index in [1.807, 2.05) is 13.8 Å². The lowest BCUT2D eigenvalue weighted by Crippen LogP contribution is -2.03. The average Bonchev–Trinajstić information content (AvgIpc) is 2.15. The minimum absolute atomic E-state index is 0.253. The van der Waals surface area contributed by atoms with Crippen LogP contribution in [0.4, 0.5) is 4.39 Å². The first-order chi connectivity index (χ1) is 7.02. The predicted molar refractivity (Wildman–Crippen MR) is 59.8 cm³/mol. The number of rotatable bonds is 4. The van der Waals surface area contributed by atoms with E-state index in [2.05, 4.69) is 0 Å². The fourth-order valence-electron chi connectivity index (χ4n) is 1.11. The molecule has 15 heavy (non-hydrogen) atoms. The van der Waals surface area contributed by atoms with Crippen LogP contribution in [-0.4, -0.2) is 16.3 Å². The summed E-state index contributed by atoms with van der Waals surface area (Å²) in [5.74, 6) is -1.33. The van der Waals surface area contributed by atoms with Gasteiger partial charge in [-0.25, -0.2) is 9.18 Å². The van der Waals surface area contributed by atoms with Crippen LogP contribution in [0.2, 0.25) is 0 Å². The van der Waals surface area contributed by atoms with E-state index in [0.29, 0.717) is 16.6 Å². The van der Waals surface area contributed by atoms with Crippen LogP contribution in [0.1, 0.15) is 29.8 Å². The van der Waals surface area contributed by atoms with Crippen molar-refractivity contribution in [3.8, 4) is 0 Å². The molecule has 0 bridgehead atoms. The minimum atomic E-state index is -1.22. The molecule has 0 aliphatic rings. The zero-order valence-corrected chi connectivity index (χ0v) is 9.47. The molecular formula is C11H13FO2S. The van der Waals surface area contributed by atoms with Crippen LogP contribution in [-0.2, 0) is 5.75 Å². The van der Waals surface area contributed by atoms with E-state index in [-0.39, 0.29) is 5.56 Å². The number of hydrogen-bond donors (Lipinski definition) is 1. The van der Waals surface area contributed by atoms with Gasteiger partial charge in [0.1, 0.15) is 5.82 Å². The molecule has 0 amide bonds. The SMILES string of the molecule is CC(C)SCc1cccc(C(=O)O)c1F. The molecule has 0 aliphatic carbocycles. The Balaban J connectivity index is 2.89. The molecule has 1 N–H and O–H groups in total. The highest BCUT2D eigenvalue weighted by Gasteiger charge is 2.13. The van der Waals surface area contributed by atoms with Crippen molar-refractivity contribution in [3.05, 3.63) is 35.1 Å². The Morgan fingerprint density at radius 2 is 2.20 bits per heavy atom. The highest BCUT2D eigenvalue weighted by atomic mass is 32.2. The van der Waals surface area contributed by atoms with Crippen molar-refractivity contribution < 1.29 is 14.3 Å². The summed E-state index contributed by atoms with van der Waals surface area (Å²) in [4.78, 5) is 10.7. The van der Waals surface area contributed by atoms with E-state index in [1.165, 1.54) is 6.07 Å². The number of halogens is 1. The first-order valence-corrected chi connectivity index (χ1v) is 5.69. The normalized spacial score (nSPS) is 10.7. The third kappa shape index (κ3) is 3.23. The van der Waals surface area contributed by atoms with Gasteiger partial charge in [-0.05, 0) is 16.9 Å². The molecule has 0 fully saturated rings. The summed E-state index contributed by atoms with van der Waals surface area (Å²) in [5, 5.41) is 9.12. The monoisotopic (exact) mass is 228 g/mol. The molecule has 0 saturated carbocycles. The smallest absolute Gasteiger partial charge is 0.338 e. The summed E-state index contributed by atoms with van der Waals surface area (Å²) in [5.41, 5.74) is 0.199. The summed E-state index contributed by atoms with van der Waals surface area (Å²) in [6, 6.07) is 4.47. The van der Waals surface area contributed by atoms with Crippen LogP contribution in [0.3, 0.4) is 0 Å². The molecule has 1 aromatic rings. The van der Waals surface area contributed by atoms with E-state index in [4.69, 9.17) is 5.11 Å². The maximum Gasteiger partial charge on any atom is 0.338 e. The van der Waals surface area contributed by atoms with Gasteiger partial charge in [-0.15, -0.1) is 0 Å². The van der Waals surface area contributed by atoms with Crippen molar-refractivity contribution in [1.29, 1.82) is 0 Å². The second kappa shape index (κ2) is 5.16. The minimum Gasteiger partial charge on any atom is -0.478 e. The number of benzene rings is 1. The Morgan fingerprint density at radius 3 is 2.73 bits per heavy atom. The Labute approximate surface area is 92.5 Å². The Morgan fingerprint density at radius 1 is 1.53 bits per heavy atom. The van der Waals surface area contributed by atoms with Gasteiger partial charge in [-0.1, -0.05) is 26.0 Å². The topological polar surface area (TPSA) is 37.3 Å². The maximum atomic E-state index is 13.6. The average molecular weight is 228 g/mol. The predicted octanol–water partition coefficient (Wildman–Crippen LogP) is 3.17. The van der Waals surface area contributed by atoms with Crippen LogP contribution < -0.4 is 0 Å². The molecule has 0 aromatic heterocycles. The van der Waals surface area contributed by atoms with Crippen LogP contribution in [0.5, 0.6) is 0 Å². The molecule has 0 atom stereocenters. The van der Waals surface area contributed by atoms with Crippen molar-refractivity contribution in [2.24, 2.45) is 0 Å². The van der Waals surface area contributed by atoms with Crippen molar-refractivity contribution >= 4 is 17.7 Å². The van der Waals surface area contributed by atoms with Gasteiger partial charge < -0.3 is 5.11 Å². The third-order valence-corrected chi connectivity index (χ3v) is 3.03. The Hall–Kier alpha value is -1.03. The van der Waals surface area contributed by atoms with Crippen molar-refractivity contribution in [3.63, 3.8) is 0 Å². The van der Waals surface area contributed by atoms with Gasteiger partial charge in [0, 0.05) is 5.75 Å². The molecule has 82 valence electrons. The van der Waals surface area contributed by atoms with Crippen LogP contribution in [0.15, 0.2) is 18.2 Å². The van der Waals surface area contributed by atoms with Gasteiger partial charge in [0.15, 0.2) is 0 Å². The Kier molecular flexibility index (Phi) is 4.15. The quantitative estimate of drug-likeness (QED) is 0.860. The zero-order chi connectivity index (χ0) is 11.4. The Bertz CT molecular complexity index is 364. The summed E-state index contributed by atoms with van der Waals surface area (Å²) in [6.45, 7) is 4.03. The highest BCUT2D eigenvalue weighted by molar-refractivity contribution is 7.99. The van der Waals surface area contributed by atoms with Gasteiger partial charge in [-0.3, -0.25) is 0 Å². The van der Waals surface area contributed by atoms with Crippen molar-refractivity contribution in [2.75, 3.05) is 0 Å². The molecule has 2 nitrogen and oxygen atoms in total. The largest absolute Gasteiger partial charge is 0.478 e. The maximum absolute atomic E-state index is 13.6. The lowest BCUT2D eigenvalue weighted by atomic mass is 10.1. The number of hydrogen-bond acceptors (Lipinski definition) is 2. The second-order valence-electron chi connectivity index (χ2n) is 3.44. The standard InChI is InChI=1S/C11H13FO2S/c1-7(2)15-6-8-4-3-5-9(10(8)12)11(13)14/h3-5,7H,6H2,1-2H3,(H,13,14). The highest BCUT2D eigenvalue weighted by Crippen LogP contribution is 2.21. The summed E-state index contributed by atoms with van der Waals surface area (Å²) in [7, 11) is 0. The summed E-state index contributed by atoms with van der Waals surface area (Å²) >= 11 is 1.59. The van der Waals surface area contributed by atoms with Gasteiger partial charge in [0.2, 0.25) is 0 Å². The van der Waals surface area contributed by atoms with E-state index in [9.17, 15) is 9.18 Å². The number of carbonyl (C=O) groups is 1. The number of aromatic carboxylic acids is 1. The van der Waals surface area contributed by atoms with E-state index < -0.39 is 11.8 Å². The third-order valence-electron chi connectivity index (χ3n) is 1.88. The van der Waals surface area contributed by atoms with E-state index in [1.54, 1.807) is 23.9 Å². The first kappa shape index (κ1) is 12.0.